The number of methoxy groups -OCH3 is 1. The van der Waals surface area contributed by atoms with Crippen molar-refractivity contribution < 1.29 is 9.53 Å². The van der Waals surface area contributed by atoms with Crippen LogP contribution < -0.4 is 15.4 Å². The zero-order valence-corrected chi connectivity index (χ0v) is 11.8. The molecule has 0 atom stereocenters. The number of benzene rings is 2. The average Bonchev–Trinajstić information content (AvgIpc) is 2.46. The molecule has 2 aromatic carbocycles. The average molecular weight is 291 g/mol. The van der Waals surface area contributed by atoms with E-state index in [0.29, 0.717) is 16.5 Å². The van der Waals surface area contributed by atoms with E-state index in [0.717, 1.165) is 5.69 Å². The summed E-state index contributed by atoms with van der Waals surface area (Å²) >= 11 is 5.92. The minimum Gasteiger partial charge on any atom is -0.495 e. The molecular weight excluding hydrogens is 276 g/mol. The van der Waals surface area contributed by atoms with Gasteiger partial charge in [-0.1, -0.05) is 29.8 Å². The van der Waals surface area contributed by atoms with Crippen molar-refractivity contribution in [3.05, 3.63) is 53.6 Å². The standard InChI is InChI=1S/C15H15ClN2O2/c1-20-14-8-7-11(16)9-13(14)17-10-15(19)18-12-5-3-2-4-6-12/h2-9,17H,10H2,1H3,(H,18,19). The van der Waals surface area contributed by atoms with E-state index in [1.165, 1.54) is 0 Å². The number of para-hydroxylation sites is 1. The van der Waals surface area contributed by atoms with Gasteiger partial charge in [-0.05, 0) is 30.3 Å². The van der Waals surface area contributed by atoms with E-state index < -0.39 is 0 Å². The molecule has 4 nitrogen and oxygen atoms in total. The predicted molar refractivity (Wildman–Crippen MR) is 81.6 cm³/mol. The molecule has 2 N–H and O–H groups in total. The van der Waals surface area contributed by atoms with Gasteiger partial charge in [-0.25, -0.2) is 0 Å². The van der Waals surface area contributed by atoms with Gasteiger partial charge in [0.1, 0.15) is 5.75 Å². The van der Waals surface area contributed by atoms with Crippen LogP contribution in [0.25, 0.3) is 0 Å². The van der Waals surface area contributed by atoms with Crippen LogP contribution in [-0.2, 0) is 4.79 Å². The quantitative estimate of drug-likeness (QED) is 0.887. The lowest BCUT2D eigenvalue weighted by atomic mass is 10.3. The molecule has 20 heavy (non-hydrogen) atoms. The Bertz CT molecular complexity index is 588. The van der Waals surface area contributed by atoms with Crippen LogP contribution in [-0.4, -0.2) is 19.6 Å². The molecular formula is C15H15ClN2O2. The van der Waals surface area contributed by atoms with Gasteiger partial charge < -0.3 is 15.4 Å². The Morgan fingerprint density at radius 2 is 1.95 bits per heavy atom. The molecule has 1 amide bonds. The molecule has 0 bridgehead atoms. The zero-order chi connectivity index (χ0) is 14.4. The summed E-state index contributed by atoms with van der Waals surface area (Å²) in [5.41, 5.74) is 1.44. The minimum atomic E-state index is -0.141. The third-order valence-corrected chi connectivity index (χ3v) is 2.89. The van der Waals surface area contributed by atoms with E-state index in [1.54, 1.807) is 25.3 Å². The Labute approximate surface area is 122 Å². The lowest BCUT2D eigenvalue weighted by Crippen LogP contribution is -2.21. The lowest BCUT2D eigenvalue weighted by Gasteiger charge is -2.11. The second-order valence-corrected chi connectivity index (χ2v) is 4.55. The number of ether oxygens (including phenoxy) is 1. The van der Waals surface area contributed by atoms with E-state index in [-0.39, 0.29) is 12.5 Å². The van der Waals surface area contributed by atoms with Crippen molar-refractivity contribution in [2.45, 2.75) is 0 Å². The largest absolute Gasteiger partial charge is 0.495 e. The number of anilines is 2. The van der Waals surface area contributed by atoms with Crippen molar-refractivity contribution >= 4 is 28.9 Å². The van der Waals surface area contributed by atoms with Gasteiger partial charge in [-0.15, -0.1) is 0 Å². The van der Waals surface area contributed by atoms with Crippen LogP contribution in [0.5, 0.6) is 5.75 Å². The minimum absolute atomic E-state index is 0.131. The van der Waals surface area contributed by atoms with Crippen LogP contribution in [0.3, 0.4) is 0 Å². The number of hydrogen-bond donors (Lipinski definition) is 2. The fourth-order valence-electron chi connectivity index (χ4n) is 1.72. The summed E-state index contributed by atoms with van der Waals surface area (Å²) in [6.45, 7) is 0.131. The molecule has 0 radical (unpaired) electrons. The van der Waals surface area contributed by atoms with E-state index in [9.17, 15) is 4.79 Å². The van der Waals surface area contributed by atoms with Crippen LogP contribution in [0.1, 0.15) is 0 Å². The van der Waals surface area contributed by atoms with Crippen molar-refractivity contribution in [3.8, 4) is 5.75 Å². The first-order chi connectivity index (χ1) is 9.69. The molecule has 2 rings (SSSR count). The van der Waals surface area contributed by atoms with E-state index in [4.69, 9.17) is 16.3 Å². The highest BCUT2D eigenvalue weighted by Gasteiger charge is 2.06. The van der Waals surface area contributed by atoms with Gasteiger partial charge >= 0.3 is 0 Å². The smallest absolute Gasteiger partial charge is 0.243 e. The monoisotopic (exact) mass is 290 g/mol. The Morgan fingerprint density at radius 1 is 1.20 bits per heavy atom. The molecule has 0 spiro atoms. The normalized spacial score (nSPS) is 9.90. The predicted octanol–water partition coefficient (Wildman–Crippen LogP) is 3.40. The fourth-order valence-corrected chi connectivity index (χ4v) is 1.89. The maximum atomic E-state index is 11.8. The highest BCUT2D eigenvalue weighted by atomic mass is 35.5. The molecule has 0 fully saturated rings. The van der Waals surface area contributed by atoms with Gasteiger partial charge in [0.05, 0.1) is 19.3 Å². The Kier molecular flexibility index (Phi) is 4.85. The molecule has 0 saturated carbocycles. The second kappa shape index (κ2) is 6.82. The number of halogens is 1. The van der Waals surface area contributed by atoms with Gasteiger partial charge in [-0.2, -0.15) is 0 Å². The first-order valence-electron chi connectivity index (χ1n) is 6.11. The molecule has 0 aliphatic heterocycles. The summed E-state index contributed by atoms with van der Waals surface area (Å²) in [6.07, 6.45) is 0. The summed E-state index contributed by atoms with van der Waals surface area (Å²) in [5.74, 6) is 0.500. The first-order valence-corrected chi connectivity index (χ1v) is 6.49. The lowest BCUT2D eigenvalue weighted by molar-refractivity contribution is -0.114. The van der Waals surface area contributed by atoms with Crippen molar-refractivity contribution in [2.75, 3.05) is 24.3 Å². The topological polar surface area (TPSA) is 50.4 Å². The van der Waals surface area contributed by atoms with Gasteiger partial charge in [0, 0.05) is 10.7 Å². The Balaban J connectivity index is 1.95. The van der Waals surface area contributed by atoms with Crippen LogP contribution in [0.4, 0.5) is 11.4 Å². The van der Waals surface area contributed by atoms with E-state index >= 15 is 0 Å². The third kappa shape index (κ3) is 3.90. The zero-order valence-electron chi connectivity index (χ0n) is 11.0. The Morgan fingerprint density at radius 3 is 2.65 bits per heavy atom. The molecule has 0 aliphatic carbocycles. The van der Waals surface area contributed by atoms with Gasteiger partial charge in [0.25, 0.3) is 0 Å². The highest BCUT2D eigenvalue weighted by Crippen LogP contribution is 2.27. The van der Waals surface area contributed by atoms with Crippen molar-refractivity contribution in [3.63, 3.8) is 0 Å². The van der Waals surface area contributed by atoms with Crippen molar-refractivity contribution in [2.24, 2.45) is 0 Å². The highest BCUT2D eigenvalue weighted by molar-refractivity contribution is 6.30. The molecule has 2 aromatic rings. The van der Waals surface area contributed by atoms with E-state index in [2.05, 4.69) is 10.6 Å². The van der Waals surface area contributed by atoms with E-state index in [1.807, 2.05) is 30.3 Å². The number of rotatable bonds is 5. The summed E-state index contributed by atoms with van der Waals surface area (Å²) in [5, 5.41) is 6.37. The molecule has 0 heterocycles. The number of hydrogen-bond acceptors (Lipinski definition) is 3. The second-order valence-electron chi connectivity index (χ2n) is 4.11. The summed E-state index contributed by atoms with van der Waals surface area (Å²) in [7, 11) is 1.57. The van der Waals surface area contributed by atoms with Gasteiger partial charge in [0.2, 0.25) is 5.91 Å². The third-order valence-electron chi connectivity index (χ3n) is 2.66. The summed E-state index contributed by atoms with van der Waals surface area (Å²) in [6, 6.07) is 14.5. The van der Waals surface area contributed by atoms with Crippen molar-refractivity contribution in [1.29, 1.82) is 0 Å². The maximum absolute atomic E-state index is 11.8. The number of nitrogens with one attached hydrogen (secondary N) is 2. The fraction of sp³-hybridized carbons (Fsp3) is 0.133. The van der Waals surface area contributed by atoms with Crippen LogP contribution in [0, 0.1) is 0 Å². The SMILES string of the molecule is COc1ccc(Cl)cc1NCC(=O)Nc1ccccc1. The molecule has 0 saturated heterocycles. The first kappa shape index (κ1) is 14.2. The van der Waals surface area contributed by atoms with Gasteiger partial charge in [0.15, 0.2) is 0 Å². The maximum Gasteiger partial charge on any atom is 0.243 e. The summed E-state index contributed by atoms with van der Waals surface area (Å²) < 4.78 is 5.20. The number of carbonyl (C=O) groups is 1. The summed E-state index contributed by atoms with van der Waals surface area (Å²) in [4.78, 5) is 11.8. The van der Waals surface area contributed by atoms with Crippen LogP contribution in [0.2, 0.25) is 5.02 Å². The van der Waals surface area contributed by atoms with Crippen LogP contribution >= 0.6 is 11.6 Å². The molecule has 0 unspecified atom stereocenters. The number of amides is 1. The van der Waals surface area contributed by atoms with Crippen LogP contribution in [0.15, 0.2) is 48.5 Å². The molecule has 104 valence electrons. The molecule has 5 heteroatoms. The molecule has 0 aliphatic rings. The van der Waals surface area contributed by atoms with Crippen molar-refractivity contribution in [1.82, 2.24) is 0 Å². The Hall–Kier alpha value is -2.20. The number of carbonyl (C=O) groups excluding carboxylic acids is 1. The molecule has 0 aromatic heterocycles. The van der Waals surface area contributed by atoms with Gasteiger partial charge in [-0.3, -0.25) is 4.79 Å².